The third-order valence-electron chi connectivity index (χ3n) is 3.59. The number of H-pyrrole nitrogens is 1. The van der Waals surface area contributed by atoms with Gasteiger partial charge in [-0.05, 0) is 25.7 Å². The summed E-state index contributed by atoms with van der Waals surface area (Å²) in [6, 6.07) is 0. The zero-order valence-corrected chi connectivity index (χ0v) is 13.1. The number of aromatic amines is 1. The second-order valence-corrected chi connectivity index (χ2v) is 7.51. The van der Waals surface area contributed by atoms with Gasteiger partial charge in [0.1, 0.15) is 11.7 Å². The maximum absolute atomic E-state index is 12.2. The van der Waals surface area contributed by atoms with Crippen molar-refractivity contribution in [3.05, 3.63) is 11.6 Å². The molecule has 1 fully saturated rings. The van der Waals surface area contributed by atoms with Crippen molar-refractivity contribution in [2.45, 2.75) is 39.0 Å². The number of carbonyl (C=O) groups is 1. The van der Waals surface area contributed by atoms with E-state index in [0.29, 0.717) is 18.1 Å². The Kier molecular flexibility index (Phi) is 4.97. The second kappa shape index (κ2) is 6.55. The number of hydrogen-bond acceptors (Lipinski definition) is 6. The number of hydrogen-bond donors (Lipinski definition) is 1. The van der Waals surface area contributed by atoms with E-state index in [1.807, 2.05) is 6.92 Å². The molecule has 1 aromatic rings. The average molecular weight is 315 g/mol. The topological polar surface area (TPSA) is 102 Å². The van der Waals surface area contributed by atoms with Gasteiger partial charge in [-0.2, -0.15) is 5.10 Å². The number of sulfone groups is 1. The Hall–Kier alpha value is -1.44. The Morgan fingerprint density at radius 1 is 1.48 bits per heavy atom. The lowest BCUT2D eigenvalue weighted by atomic mass is 9.91. The SMILES string of the molecule is CCCc1nc(C(C(=O)OCC)C2CCS(=O)(=O)C2)n[nH]1. The number of ether oxygens (including phenoxy) is 1. The van der Waals surface area contributed by atoms with Gasteiger partial charge in [0.05, 0.1) is 18.1 Å². The van der Waals surface area contributed by atoms with E-state index in [-0.39, 0.29) is 24.0 Å². The fraction of sp³-hybridized carbons (Fsp3) is 0.769. The zero-order valence-electron chi connectivity index (χ0n) is 12.3. The highest BCUT2D eigenvalue weighted by Gasteiger charge is 2.41. The van der Waals surface area contributed by atoms with Crippen LogP contribution in [0.5, 0.6) is 0 Å². The Morgan fingerprint density at radius 2 is 2.24 bits per heavy atom. The summed E-state index contributed by atoms with van der Waals surface area (Å²) >= 11 is 0. The lowest BCUT2D eigenvalue weighted by molar-refractivity contribution is -0.146. The quantitative estimate of drug-likeness (QED) is 0.780. The van der Waals surface area contributed by atoms with Crippen LogP contribution in [0.25, 0.3) is 0 Å². The van der Waals surface area contributed by atoms with Crippen molar-refractivity contribution in [3.63, 3.8) is 0 Å². The lowest BCUT2D eigenvalue weighted by Gasteiger charge is -2.17. The lowest BCUT2D eigenvalue weighted by Crippen LogP contribution is -2.26. The van der Waals surface area contributed by atoms with Crippen molar-refractivity contribution in [1.29, 1.82) is 0 Å². The highest BCUT2D eigenvalue weighted by Crippen LogP contribution is 2.32. The normalized spacial score (nSPS) is 22.1. The van der Waals surface area contributed by atoms with Crippen molar-refractivity contribution in [2.75, 3.05) is 18.1 Å². The Morgan fingerprint density at radius 3 is 2.81 bits per heavy atom. The van der Waals surface area contributed by atoms with Crippen LogP contribution in [0.4, 0.5) is 0 Å². The highest BCUT2D eigenvalue weighted by atomic mass is 32.2. The minimum Gasteiger partial charge on any atom is -0.465 e. The molecule has 2 atom stereocenters. The van der Waals surface area contributed by atoms with Crippen LogP contribution in [-0.2, 0) is 25.8 Å². The number of carbonyl (C=O) groups excluding carboxylic acids is 1. The van der Waals surface area contributed by atoms with E-state index in [9.17, 15) is 13.2 Å². The summed E-state index contributed by atoms with van der Waals surface area (Å²) in [5.41, 5.74) is 0. The van der Waals surface area contributed by atoms with Gasteiger partial charge in [-0.3, -0.25) is 9.89 Å². The number of nitrogens with zero attached hydrogens (tertiary/aromatic N) is 2. The molecule has 2 unspecified atom stereocenters. The molecule has 8 heteroatoms. The predicted octanol–water partition coefficient (Wildman–Crippen LogP) is 0.839. The van der Waals surface area contributed by atoms with E-state index >= 15 is 0 Å². The maximum Gasteiger partial charge on any atom is 0.317 e. The fourth-order valence-electron chi connectivity index (χ4n) is 2.63. The van der Waals surface area contributed by atoms with E-state index in [4.69, 9.17) is 4.74 Å². The van der Waals surface area contributed by atoms with E-state index in [1.54, 1.807) is 6.92 Å². The van der Waals surface area contributed by atoms with E-state index in [1.165, 1.54) is 0 Å². The first kappa shape index (κ1) is 15.9. The van der Waals surface area contributed by atoms with Crippen molar-refractivity contribution in [2.24, 2.45) is 5.92 Å². The van der Waals surface area contributed by atoms with Gasteiger partial charge >= 0.3 is 5.97 Å². The molecule has 7 nitrogen and oxygen atoms in total. The summed E-state index contributed by atoms with van der Waals surface area (Å²) in [7, 11) is -3.07. The van der Waals surface area contributed by atoms with Crippen molar-refractivity contribution in [3.8, 4) is 0 Å². The first-order valence-corrected chi connectivity index (χ1v) is 9.07. The summed E-state index contributed by atoms with van der Waals surface area (Å²) in [6.45, 7) is 4.00. The molecule has 0 saturated carbocycles. The Labute approximate surface area is 124 Å². The van der Waals surface area contributed by atoms with Gasteiger partial charge in [0.25, 0.3) is 0 Å². The molecular weight excluding hydrogens is 294 g/mol. The largest absolute Gasteiger partial charge is 0.465 e. The van der Waals surface area contributed by atoms with Crippen LogP contribution in [0, 0.1) is 5.92 Å². The van der Waals surface area contributed by atoms with Gasteiger partial charge in [-0.25, -0.2) is 13.4 Å². The molecule has 0 amide bonds. The second-order valence-electron chi connectivity index (χ2n) is 5.28. The zero-order chi connectivity index (χ0) is 15.5. The van der Waals surface area contributed by atoms with E-state index in [2.05, 4.69) is 15.2 Å². The minimum atomic E-state index is -3.07. The van der Waals surface area contributed by atoms with E-state index < -0.39 is 21.7 Å². The summed E-state index contributed by atoms with van der Waals surface area (Å²) in [4.78, 5) is 16.5. The number of rotatable bonds is 6. The van der Waals surface area contributed by atoms with Gasteiger partial charge in [-0.15, -0.1) is 0 Å². The number of esters is 1. The molecule has 1 N–H and O–H groups in total. The molecule has 118 valence electrons. The van der Waals surface area contributed by atoms with Crippen molar-refractivity contribution < 1.29 is 17.9 Å². The monoisotopic (exact) mass is 315 g/mol. The van der Waals surface area contributed by atoms with Crippen LogP contribution in [0.3, 0.4) is 0 Å². The molecular formula is C13H21N3O4S. The summed E-state index contributed by atoms with van der Waals surface area (Å²) < 4.78 is 28.4. The first-order chi connectivity index (χ1) is 9.96. The van der Waals surface area contributed by atoms with Gasteiger partial charge in [0.15, 0.2) is 15.7 Å². The molecule has 0 bridgehead atoms. The van der Waals surface area contributed by atoms with Crippen LogP contribution in [0.1, 0.15) is 44.3 Å². The number of nitrogens with one attached hydrogen (secondary N) is 1. The highest BCUT2D eigenvalue weighted by molar-refractivity contribution is 7.91. The average Bonchev–Trinajstić information content (AvgIpc) is 2.98. The number of aromatic nitrogens is 3. The standard InChI is InChI=1S/C13H21N3O4S/c1-3-5-10-14-12(16-15-10)11(13(17)20-4-2)9-6-7-21(18,19)8-9/h9,11H,3-8H2,1-2H3,(H,14,15,16). The molecule has 1 aliphatic rings. The van der Waals surface area contributed by atoms with Gasteiger partial charge in [0.2, 0.25) is 0 Å². The molecule has 1 saturated heterocycles. The summed E-state index contributed by atoms with van der Waals surface area (Å²) in [5.74, 6) is -0.291. The van der Waals surface area contributed by atoms with Gasteiger partial charge < -0.3 is 4.74 Å². The van der Waals surface area contributed by atoms with Gasteiger partial charge in [-0.1, -0.05) is 6.92 Å². The third kappa shape index (κ3) is 3.81. The molecule has 2 heterocycles. The molecule has 0 radical (unpaired) electrons. The predicted molar refractivity (Wildman–Crippen MR) is 76.5 cm³/mol. The van der Waals surface area contributed by atoms with Crippen LogP contribution in [-0.4, -0.2) is 47.7 Å². The molecule has 0 aromatic carbocycles. The Balaban J connectivity index is 2.25. The molecule has 1 aromatic heterocycles. The number of aryl methyl sites for hydroxylation is 1. The molecule has 0 spiro atoms. The van der Waals surface area contributed by atoms with Crippen LogP contribution < -0.4 is 0 Å². The van der Waals surface area contributed by atoms with Crippen molar-refractivity contribution >= 4 is 15.8 Å². The molecule has 2 rings (SSSR count). The Bertz CT molecular complexity index is 596. The summed E-state index contributed by atoms with van der Waals surface area (Å²) in [6.07, 6.45) is 2.10. The van der Waals surface area contributed by atoms with Crippen LogP contribution in [0.2, 0.25) is 0 Å². The smallest absolute Gasteiger partial charge is 0.317 e. The van der Waals surface area contributed by atoms with E-state index in [0.717, 1.165) is 12.8 Å². The third-order valence-corrected chi connectivity index (χ3v) is 5.39. The van der Waals surface area contributed by atoms with Crippen LogP contribution >= 0.6 is 0 Å². The van der Waals surface area contributed by atoms with Crippen LogP contribution in [0.15, 0.2) is 0 Å². The van der Waals surface area contributed by atoms with Crippen molar-refractivity contribution in [1.82, 2.24) is 15.2 Å². The molecule has 0 aliphatic carbocycles. The minimum absolute atomic E-state index is 0.00582. The fourth-order valence-corrected chi connectivity index (χ4v) is 4.47. The molecule has 1 aliphatic heterocycles. The maximum atomic E-state index is 12.2. The first-order valence-electron chi connectivity index (χ1n) is 7.25. The molecule has 21 heavy (non-hydrogen) atoms. The van der Waals surface area contributed by atoms with Gasteiger partial charge in [0, 0.05) is 6.42 Å². The summed E-state index contributed by atoms with van der Waals surface area (Å²) in [5, 5.41) is 6.91.